The Morgan fingerprint density at radius 1 is 1.33 bits per heavy atom. The van der Waals surface area contributed by atoms with Crippen molar-refractivity contribution < 1.29 is 24.2 Å². The van der Waals surface area contributed by atoms with Gasteiger partial charge in [0.05, 0.1) is 25.8 Å². The Hall–Kier alpha value is -3.10. The van der Waals surface area contributed by atoms with Gasteiger partial charge in [-0.3, -0.25) is 14.4 Å². The van der Waals surface area contributed by atoms with Crippen molar-refractivity contribution in [2.24, 2.45) is 0 Å². The van der Waals surface area contributed by atoms with E-state index in [2.05, 4.69) is 10.4 Å². The molecule has 0 bridgehead atoms. The number of carboxylic acid groups (broad SMARTS) is 1. The van der Waals surface area contributed by atoms with Crippen molar-refractivity contribution in [1.82, 2.24) is 15.1 Å². The molecule has 1 aromatic heterocycles. The number of nitrogens with zero attached hydrogens (tertiary/aromatic N) is 2. The minimum Gasteiger partial charge on any atom is -0.493 e. The van der Waals surface area contributed by atoms with E-state index in [1.807, 2.05) is 0 Å². The third-order valence-corrected chi connectivity index (χ3v) is 3.40. The molecule has 0 aliphatic carbocycles. The Kier molecular flexibility index (Phi) is 5.02. The van der Waals surface area contributed by atoms with E-state index in [1.165, 1.54) is 27.3 Å². The second-order valence-corrected chi connectivity index (χ2v) is 5.00. The Labute approximate surface area is 136 Å². The van der Waals surface area contributed by atoms with Crippen LogP contribution in [0.2, 0.25) is 0 Å². The van der Waals surface area contributed by atoms with Crippen LogP contribution < -0.4 is 20.3 Å². The normalized spacial score (nSPS) is 11.8. The molecule has 0 fully saturated rings. The molecule has 9 nitrogen and oxygen atoms in total. The van der Waals surface area contributed by atoms with Crippen molar-refractivity contribution in [2.45, 2.75) is 19.5 Å². The van der Waals surface area contributed by atoms with Crippen LogP contribution in [0.15, 0.2) is 23.1 Å². The van der Waals surface area contributed by atoms with Gasteiger partial charge >= 0.3 is 5.97 Å². The van der Waals surface area contributed by atoms with Crippen LogP contribution in [-0.4, -0.2) is 47.0 Å². The van der Waals surface area contributed by atoms with Crippen LogP contribution in [0.4, 0.5) is 0 Å². The Bertz CT molecular complexity index is 845. The summed E-state index contributed by atoms with van der Waals surface area (Å²) in [6.07, 6.45) is 1.42. The number of carboxylic acids is 1. The van der Waals surface area contributed by atoms with Crippen molar-refractivity contribution in [3.8, 4) is 11.5 Å². The van der Waals surface area contributed by atoms with Crippen LogP contribution in [0.5, 0.6) is 11.5 Å². The van der Waals surface area contributed by atoms with Crippen molar-refractivity contribution >= 4 is 22.6 Å². The number of benzene rings is 1. The van der Waals surface area contributed by atoms with Gasteiger partial charge < -0.3 is 19.9 Å². The lowest BCUT2D eigenvalue weighted by atomic mass is 10.1. The maximum Gasteiger partial charge on any atom is 0.325 e. The minimum atomic E-state index is -1.17. The fourth-order valence-corrected chi connectivity index (χ4v) is 2.18. The average Bonchev–Trinajstić information content (AvgIpc) is 2.56. The SMILES string of the molecule is COc1ccc2cnn(CC(=O)N[C@H](C)C(=O)O)c(=O)c2c1OC. The van der Waals surface area contributed by atoms with Gasteiger partial charge in [0.2, 0.25) is 5.91 Å². The van der Waals surface area contributed by atoms with Crippen LogP contribution in [0.3, 0.4) is 0 Å². The summed E-state index contributed by atoms with van der Waals surface area (Å²) in [6, 6.07) is 2.24. The molecule has 0 saturated heterocycles. The standard InChI is InChI=1S/C15H17N3O6/c1-8(15(21)22)17-11(19)7-18-14(20)12-9(6-16-18)4-5-10(23-2)13(12)24-3/h4-6,8H,7H2,1-3H3,(H,17,19)(H,21,22)/t8-/m1/s1. The second kappa shape index (κ2) is 6.99. The molecule has 0 radical (unpaired) electrons. The highest BCUT2D eigenvalue weighted by atomic mass is 16.5. The monoisotopic (exact) mass is 335 g/mol. The molecule has 0 unspecified atom stereocenters. The number of carbonyl (C=O) groups excluding carboxylic acids is 1. The van der Waals surface area contributed by atoms with Gasteiger partial charge in [-0.05, 0) is 19.1 Å². The summed E-state index contributed by atoms with van der Waals surface area (Å²) < 4.78 is 11.3. The predicted molar refractivity (Wildman–Crippen MR) is 84.3 cm³/mol. The number of carbonyl (C=O) groups is 2. The average molecular weight is 335 g/mol. The third-order valence-electron chi connectivity index (χ3n) is 3.40. The molecule has 1 heterocycles. The second-order valence-electron chi connectivity index (χ2n) is 5.00. The van der Waals surface area contributed by atoms with Crippen molar-refractivity contribution in [3.05, 3.63) is 28.7 Å². The first-order chi connectivity index (χ1) is 11.4. The quantitative estimate of drug-likeness (QED) is 0.762. The maximum absolute atomic E-state index is 12.6. The lowest BCUT2D eigenvalue weighted by Gasteiger charge is -2.12. The summed E-state index contributed by atoms with van der Waals surface area (Å²) in [4.78, 5) is 35.2. The zero-order valence-corrected chi connectivity index (χ0v) is 13.4. The first-order valence-electron chi connectivity index (χ1n) is 7.02. The molecule has 9 heteroatoms. The summed E-state index contributed by atoms with van der Waals surface area (Å²) in [5, 5.41) is 15.7. The van der Waals surface area contributed by atoms with E-state index >= 15 is 0 Å². The molecule has 0 spiro atoms. The Balaban J connectivity index is 2.42. The molecular weight excluding hydrogens is 318 g/mol. The van der Waals surface area contributed by atoms with Crippen molar-refractivity contribution in [3.63, 3.8) is 0 Å². The molecule has 0 aliphatic rings. The lowest BCUT2D eigenvalue weighted by molar-refractivity contribution is -0.141. The zero-order chi connectivity index (χ0) is 17.9. The number of aliphatic carboxylic acids is 1. The molecule has 128 valence electrons. The molecule has 2 N–H and O–H groups in total. The van der Waals surface area contributed by atoms with Gasteiger partial charge in [-0.1, -0.05) is 0 Å². The third kappa shape index (κ3) is 3.29. The van der Waals surface area contributed by atoms with E-state index in [4.69, 9.17) is 14.6 Å². The molecule has 1 aromatic carbocycles. The highest BCUT2D eigenvalue weighted by Crippen LogP contribution is 2.32. The van der Waals surface area contributed by atoms with Gasteiger partial charge in [-0.2, -0.15) is 5.10 Å². The lowest BCUT2D eigenvalue weighted by Crippen LogP contribution is -2.41. The topological polar surface area (TPSA) is 120 Å². The number of methoxy groups -OCH3 is 2. The summed E-state index contributed by atoms with van der Waals surface area (Å²) in [7, 11) is 2.85. The summed E-state index contributed by atoms with van der Waals surface area (Å²) in [5.74, 6) is -1.19. The van der Waals surface area contributed by atoms with Gasteiger partial charge in [0.25, 0.3) is 5.56 Å². The van der Waals surface area contributed by atoms with Gasteiger partial charge in [-0.15, -0.1) is 0 Å². The largest absolute Gasteiger partial charge is 0.493 e. The first-order valence-corrected chi connectivity index (χ1v) is 7.02. The minimum absolute atomic E-state index is 0.228. The molecule has 0 saturated carbocycles. The Morgan fingerprint density at radius 3 is 2.62 bits per heavy atom. The van der Waals surface area contributed by atoms with Crippen molar-refractivity contribution in [2.75, 3.05) is 14.2 Å². The highest BCUT2D eigenvalue weighted by molar-refractivity contribution is 5.89. The number of aromatic nitrogens is 2. The van der Waals surface area contributed by atoms with E-state index in [9.17, 15) is 14.4 Å². The van der Waals surface area contributed by atoms with Gasteiger partial charge in [0.1, 0.15) is 12.6 Å². The molecule has 1 amide bonds. The molecule has 2 aromatic rings. The summed E-state index contributed by atoms with van der Waals surface area (Å²) in [6.45, 7) is 0.914. The number of fused-ring (bicyclic) bond motifs is 1. The zero-order valence-electron chi connectivity index (χ0n) is 13.4. The predicted octanol–water partition coefficient (Wildman–Crippen LogP) is 0.00300. The van der Waals surface area contributed by atoms with Crippen LogP contribution in [0.1, 0.15) is 6.92 Å². The van der Waals surface area contributed by atoms with E-state index in [0.717, 1.165) is 4.68 Å². The molecular formula is C15H17N3O6. The fourth-order valence-electron chi connectivity index (χ4n) is 2.18. The molecule has 1 atom stereocenters. The number of ether oxygens (including phenoxy) is 2. The van der Waals surface area contributed by atoms with Crippen LogP contribution in [0.25, 0.3) is 10.8 Å². The van der Waals surface area contributed by atoms with Crippen molar-refractivity contribution in [1.29, 1.82) is 0 Å². The van der Waals surface area contributed by atoms with Crippen LogP contribution in [-0.2, 0) is 16.1 Å². The summed E-state index contributed by atoms with van der Waals surface area (Å²) >= 11 is 0. The molecule has 24 heavy (non-hydrogen) atoms. The van der Waals surface area contributed by atoms with E-state index in [-0.39, 0.29) is 11.1 Å². The Morgan fingerprint density at radius 2 is 2.04 bits per heavy atom. The summed E-state index contributed by atoms with van der Waals surface area (Å²) in [5.41, 5.74) is -0.540. The van der Waals surface area contributed by atoms with Crippen LogP contribution in [0, 0.1) is 0 Å². The first kappa shape index (κ1) is 17.3. The highest BCUT2D eigenvalue weighted by Gasteiger charge is 2.18. The maximum atomic E-state index is 12.6. The molecule has 2 rings (SSSR count). The van der Waals surface area contributed by atoms with Gasteiger partial charge in [-0.25, -0.2) is 4.68 Å². The number of amides is 1. The van der Waals surface area contributed by atoms with E-state index < -0.39 is 30.0 Å². The van der Waals surface area contributed by atoms with E-state index in [0.29, 0.717) is 11.1 Å². The number of hydrogen-bond acceptors (Lipinski definition) is 6. The fraction of sp³-hybridized carbons (Fsp3) is 0.333. The smallest absolute Gasteiger partial charge is 0.325 e. The molecule has 0 aliphatic heterocycles. The number of rotatable bonds is 6. The van der Waals surface area contributed by atoms with E-state index in [1.54, 1.807) is 12.1 Å². The number of nitrogens with one attached hydrogen (secondary N) is 1. The van der Waals surface area contributed by atoms with Gasteiger partial charge in [0, 0.05) is 5.39 Å². The van der Waals surface area contributed by atoms with Gasteiger partial charge in [0.15, 0.2) is 11.5 Å². The number of hydrogen-bond donors (Lipinski definition) is 2. The van der Waals surface area contributed by atoms with Crippen LogP contribution >= 0.6 is 0 Å².